The monoisotopic (exact) mass is 406 g/mol. The van der Waals surface area contributed by atoms with E-state index in [4.69, 9.17) is 11.6 Å². The maximum Gasteiger partial charge on any atom is 0.250 e. The van der Waals surface area contributed by atoms with E-state index in [1.54, 1.807) is 0 Å². The number of amides is 1. The van der Waals surface area contributed by atoms with Crippen LogP contribution in [0, 0.1) is 0 Å². The summed E-state index contributed by atoms with van der Waals surface area (Å²) in [6.07, 6.45) is 4.29. The predicted molar refractivity (Wildman–Crippen MR) is 110 cm³/mol. The third kappa shape index (κ3) is 3.17. The minimum Gasteiger partial charge on any atom is -0.355 e. The Balaban J connectivity index is 1.49. The molecule has 1 aliphatic carbocycles. The summed E-state index contributed by atoms with van der Waals surface area (Å²) < 4.78 is 1.48. The SMILES string of the molecule is O=C(N[C@@H]1CCCc2c1[nH]c1c(Cl)cccc21)[C@@H](c1ccccc1)n1cnnn1. The lowest BCUT2D eigenvalue weighted by Crippen LogP contribution is -2.37. The van der Waals surface area contributed by atoms with Gasteiger partial charge in [-0.15, -0.1) is 5.10 Å². The highest BCUT2D eigenvalue weighted by atomic mass is 35.5. The molecule has 2 aromatic carbocycles. The standard InChI is InChI=1S/C21H19ClN6O/c22-16-10-4-8-14-15-9-5-11-17(19(15)25-18(14)16)24-21(29)20(28-12-23-26-27-28)13-6-2-1-3-7-13/h1-4,6-8,10,12,17,20,25H,5,9,11H2,(H,24,29)/t17-,20-/m1/s1. The van der Waals surface area contributed by atoms with Gasteiger partial charge in [0.05, 0.1) is 16.6 Å². The summed E-state index contributed by atoms with van der Waals surface area (Å²) in [4.78, 5) is 16.8. The van der Waals surface area contributed by atoms with Crippen molar-refractivity contribution in [2.24, 2.45) is 0 Å². The molecule has 2 aromatic heterocycles. The summed E-state index contributed by atoms with van der Waals surface area (Å²) in [5, 5.41) is 16.4. The molecule has 8 heteroatoms. The molecule has 0 fully saturated rings. The molecule has 0 unspecified atom stereocenters. The van der Waals surface area contributed by atoms with Crippen LogP contribution in [0.1, 0.15) is 41.7 Å². The molecule has 4 aromatic rings. The van der Waals surface area contributed by atoms with Crippen LogP contribution in [0.25, 0.3) is 10.9 Å². The number of hydrogen-bond donors (Lipinski definition) is 2. The van der Waals surface area contributed by atoms with Gasteiger partial charge in [-0.1, -0.05) is 54.1 Å². The van der Waals surface area contributed by atoms with Crippen LogP contribution in [0.5, 0.6) is 0 Å². The van der Waals surface area contributed by atoms with Crippen molar-refractivity contribution in [1.29, 1.82) is 0 Å². The first-order valence-electron chi connectivity index (χ1n) is 9.59. The Hall–Kier alpha value is -3.19. The molecule has 146 valence electrons. The van der Waals surface area contributed by atoms with Gasteiger partial charge in [-0.05, 0) is 46.9 Å². The Morgan fingerprint density at radius 3 is 2.86 bits per heavy atom. The third-order valence-electron chi connectivity index (χ3n) is 5.50. The zero-order valence-electron chi connectivity index (χ0n) is 15.5. The lowest BCUT2D eigenvalue weighted by molar-refractivity contribution is -0.124. The van der Waals surface area contributed by atoms with E-state index in [0.29, 0.717) is 5.02 Å². The number of aromatic amines is 1. The van der Waals surface area contributed by atoms with Gasteiger partial charge in [-0.3, -0.25) is 4.79 Å². The van der Waals surface area contributed by atoms with Crippen LogP contribution < -0.4 is 5.32 Å². The van der Waals surface area contributed by atoms with Gasteiger partial charge in [-0.2, -0.15) is 0 Å². The number of rotatable bonds is 4. The van der Waals surface area contributed by atoms with Gasteiger partial charge in [0.1, 0.15) is 6.33 Å². The average molecular weight is 407 g/mol. The second-order valence-electron chi connectivity index (χ2n) is 7.24. The Bertz CT molecular complexity index is 1150. The van der Waals surface area contributed by atoms with Crippen LogP contribution in [-0.4, -0.2) is 31.1 Å². The number of fused-ring (bicyclic) bond motifs is 3. The zero-order chi connectivity index (χ0) is 19.8. The van der Waals surface area contributed by atoms with Gasteiger partial charge in [0, 0.05) is 11.1 Å². The number of halogens is 1. The van der Waals surface area contributed by atoms with Crippen LogP contribution in [0.3, 0.4) is 0 Å². The summed E-state index contributed by atoms with van der Waals surface area (Å²) >= 11 is 6.38. The molecule has 0 saturated heterocycles. The van der Waals surface area contributed by atoms with E-state index in [1.807, 2.05) is 42.5 Å². The smallest absolute Gasteiger partial charge is 0.250 e. The fraction of sp³-hybridized carbons (Fsp3) is 0.238. The number of aromatic nitrogens is 5. The van der Waals surface area contributed by atoms with Crippen molar-refractivity contribution in [1.82, 2.24) is 30.5 Å². The summed E-state index contributed by atoms with van der Waals surface area (Å²) in [5.41, 5.74) is 4.03. The van der Waals surface area contributed by atoms with Crippen molar-refractivity contribution < 1.29 is 4.79 Å². The molecule has 0 radical (unpaired) electrons. The van der Waals surface area contributed by atoms with E-state index in [0.717, 1.165) is 41.4 Å². The lowest BCUT2D eigenvalue weighted by atomic mass is 9.91. The molecule has 7 nitrogen and oxygen atoms in total. The van der Waals surface area contributed by atoms with E-state index >= 15 is 0 Å². The number of carbonyl (C=O) groups is 1. The molecule has 1 aliphatic rings. The van der Waals surface area contributed by atoms with Crippen molar-refractivity contribution in [2.75, 3.05) is 0 Å². The highest BCUT2D eigenvalue weighted by molar-refractivity contribution is 6.35. The van der Waals surface area contributed by atoms with E-state index in [-0.39, 0.29) is 11.9 Å². The average Bonchev–Trinajstić information content (AvgIpc) is 3.39. The van der Waals surface area contributed by atoms with Gasteiger partial charge in [0.2, 0.25) is 5.91 Å². The minimum absolute atomic E-state index is 0.114. The van der Waals surface area contributed by atoms with Crippen molar-refractivity contribution >= 4 is 28.4 Å². The van der Waals surface area contributed by atoms with Crippen LogP contribution in [-0.2, 0) is 11.2 Å². The van der Waals surface area contributed by atoms with E-state index < -0.39 is 6.04 Å². The molecule has 0 saturated carbocycles. The number of tetrazole rings is 1. The molecule has 1 amide bonds. The predicted octanol–water partition coefficient (Wildman–Crippen LogP) is 3.59. The second-order valence-corrected chi connectivity index (χ2v) is 7.64. The molecule has 0 spiro atoms. The number of nitrogens with zero attached hydrogens (tertiary/aromatic N) is 4. The molecule has 2 atom stereocenters. The van der Waals surface area contributed by atoms with Gasteiger partial charge >= 0.3 is 0 Å². The fourth-order valence-corrected chi connectivity index (χ4v) is 4.41. The second kappa shape index (κ2) is 7.33. The highest BCUT2D eigenvalue weighted by Crippen LogP contribution is 2.37. The number of benzene rings is 2. The number of para-hydroxylation sites is 1. The fourth-order valence-electron chi connectivity index (χ4n) is 4.19. The minimum atomic E-state index is -0.635. The molecular weight excluding hydrogens is 388 g/mol. The number of aryl methyl sites for hydroxylation is 1. The van der Waals surface area contributed by atoms with Gasteiger partial charge in [0.25, 0.3) is 0 Å². The van der Waals surface area contributed by atoms with Crippen molar-refractivity contribution in [2.45, 2.75) is 31.3 Å². The Morgan fingerprint density at radius 2 is 2.07 bits per heavy atom. The lowest BCUT2D eigenvalue weighted by Gasteiger charge is -2.26. The van der Waals surface area contributed by atoms with Gasteiger partial charge in [0.15, 0.2) is 6.04 Å². The quantitative estimate of drug-likeness (QED) is 0.542. The molecule has 29 heavy (non-hydrogen) atoms. The third-order valence-corrected chi connectivity index (χ3v) is 5.82. The van der Waals surface area contributed by atoms with Crippen LogP contribution >= 0.6 is 11.6 Å². The van der Waals surface area contributed by atoms with Crippen LogP contribution in [0.15, 0.2) is 54.9 Å². The number of H-pyrrole nitrogens is 1. The van der Waals surface area contributed by atoms with Crippen molar-refractivity contribution in [3.63, 3.8) is 0 Å². The zero-order valence-corrected chi connectivity index (χ0v) is 16.3. The van der Waals surface area contributed by atoms with E-state index in [9.17, 15) is 4.79 Å². The molecule has 5 rings (SSSR count). The summed E-state index contributed by atoms with van der Waals surface area (Å²) in [6, 6.07) is 14.7. The van der Waals surface area contributed by atoms with E-state index in [2.05, 4.69) is 31.9 Å². The summed E-state index contributed by atoms with van der Waals surface area (Å²) in [6.45, 7) is 0. The summed E-state index contributed by atoms with van der Waals surface area (Å²) in [5.74, 6) is -0.147. The Kier molecular flexibility index (Phi) is 4.52. The van der Waals surface area contributed by atoms with E-state index in [1.165, 1.54) is 16.6 Å². The largest absolute Gasteiger partial charge is 0.355 e. The first kappa shape index (κ1) is 17.9. The molecule has 0 aliphatic heterocycles. The van der Waals surface area contributed by atoms with Gasteiger partial charge < -0.3 is 10.3 Å². The molecule has 2 N–H and O–H groups in total. The topological polar surface area (TPSA) is 88.5 Å². The molecule has 2 heterocycles. The Morgan fingerprint density at radius 1 is 1.21 bits per heavy atom. The maximum atomic E-state index is 13.3. The highest BCUT2D eigenvalue weighted by Gasteiger charge is 2.30. The number of hydrogen-bond acceptors (Lipinski definition) is 4. The first-order chi connectivity index (χ1) is 14.2. The first-order valence-corrected chi connectivity index (χ1v) is 9.97. The van der Waals surface area contributed by atoms with Crippen LogP contribution in [0.4, 0.5) is 0 Å². The Labute approximate surface area is 172 Å². The number of nitrogens with one attached hydrogen (secondary N) is 2. The van der Waals surface area contributed by atoms with Crippen molar-refractivity contribution in [3.8, 4) is 0 Å². The van der Waals surface area contributed by atoms with Gasteiger partial charge in [-0.25, -0.2) is 4.68 Å². The maximum absolute atomic E-state index is 13.3. The molecule has 0 bridgehead atoms. The number of carbonyl (C=O) groups excluding carboxylic acids is 1. The normalized spacial score (nSPS) is 17.1. The summed E-state index contributed by atoms with van der Waals surface area (Å²) in [7, 11) is 0. The van der Waals surface area contributed by atoms with Crippen molar-refractivity contribution in [3.05, 3.63) is 76.7 Å². The molecular formula is C21H19ClN6O. The van der Waals surface area contributed by atoms with Crippen LogP contribution in [0.2, 0.25) is 5.02 Å².